The Morgan fingerprint density at radius 2 is 2.00 bits per heavy atom. The highest BCUT2D eigenvalue weighted by atomic mass is 19.3. The van der Waals surface area contributed by atoms with E-state index in [0.717, 1.165) is 6.42 Å². The van der Waals surface area contributed by atoms with Gasteiger partial charge in [-0.2, -0.15) is 8.78 Å². The number of ether oxygens (including phenoxy) is 2. The molecule has 1 aromatic rings. The summed E-state index contributed by atoms with van der Waals surface area (Å²) in [5.74, 6) is 0.441. The fraction of sp³-hybridized carbons (Fsp3) is 0.625. The van der Waals surface area contributed by atoms with Crippen LogP contribution in [0.25, 0.3) is 0 Å². The Labute approximate surface area is 125 Å². The van der Waals surface area contributed by atoms with E-state index in [4.69, 9.17) is 4.74 Å². The van der Waals surface area contributed by atoms with Crippen LogP contribution in [0.3, 0.4) is 0 Å². The van der Waals surface area contributed by atoms with Crippen molar-refractivity contribution < 1.29 is 18.3 Å². The number of nitrogens with one attached hydrogen (secondary N) is 1. The molecule has 0 aromatic heterocycles. The minimum atomic E-state index is -2.86. The molecule has 1 N–H and O–H groups in total. The fourth-order valence-electron chi connectivity index (χ4n) is 2.17. The molecule has 1 atom stereocenters. The Kier molecular flexibility index (Phi) is 8.05. The van der Waals surface area contributed by atoms with Gasteiger partial charge in [-0.05, 0) is 19.4 Å². The Balaban J connectivity index is 2.64. The molecule has 1 aromatic carbocycles. The summed E-state index contributed by atoms with van der Waals surface area (Å²) in [6.45, 7) is 1.89. The molecule has 1 unspecified atom stereocenters. The summed E-state index contributed by atoms with van der Waals surface area (Å²) in [7, 11) is 1.44. The van der Waals surface area contributed by atoms with Crippen LogP contribution >= 0.6 is 0 Å². The van der Waals surface area contributed by atoms with Crippen molar-refractivity contribution in [2.45, 2.75) is 58.7 Å². The number of benzene rings is 1. The summed E-state index contributed by atoms with van der Waals surface area (Å²) >= 11 is 0. The highest BCUT2D eigenvalue weighted by Crippen LogP contribution is 2.32. The van der Waals surface area contributed by atoms with Crippen LogP contribution in [-0.4, -0.2) is 19.8 Å². The first-order valence-electron chi connectivity index (χ1n) is 7.42. The first kappa shape index (κ1) is 17.7. The van der Waals surface area contributed by atoms with Gasteiger partial charge in [0, 0.05) is 18.2 Å². The predicted molar refractivity (Wildman–Crippen MR) is 80.1 cm³/mol. The third-order valence-corrected chi connectivity index (χ3v) is 3.37. The number of methoxy groups -OCH3 is 1. The highest BCUT2D eigenvalue weighted by Gasteiger charge is 2.15. The van der Waals surface area contributed by atoms with Gasteiger partial charge in [-0.15, -0.1) is 0 Å². The van der Waals surface area contributed by atoms with Crippen LogP contribution in [-0.2, 0) is 6.54 Å². The lowest BCUT2D eigenvalue weighted by Crippen LogP contribution is -2.25. The van der Waals surface area contributed by atoms with E-state index in [9.17, 15) is 8.78 Å². The lowest BCUT2D eigenvalue weighted by molar-refractivity contribution is -0.0518. The second-order valence-corrected chi connectivity index (χ2v) is 5.10. The van der Waals surface area contributed by atoms with E-state index < -0.39 is 6.61 Å². The van der Waals surface area contributed by atoms with E-state index in [-0.39, 0.29) is 5.75 Å². The van der Waals surface area contributed by atoms with E-state index in [1.165, 1.54) is 26.4 Å². The van der Waals surface area contributed by atoms with E-state index in [1.807, 2.05) is 0 Å². The molecule has 1 rings (SSSR count). The van der Waals surface area contributed by atoms with Crippen molar-refractivity contribution in [3.8, 4) is 11.5 Å². The van der Waals surface area contributed by atoms with Crippen molar-refractivity contribution in [2.24, 2.45) is 0 Å². The summed E-state index contributed by atoms with van der Waals surface area (Å²) in [5.41, 5.74) is 0.678. The minimum absolute atomic E-state index is 0.114. The van der Waals surface area contributed by atoms with Crippen LogP contribution in [0.1, 0.15) is 45.1 Å². The maximum atomic E-state index is 12.5. The van der Waals surface area contributed by atoms with E-state index in [0.29, 0.717) is 23.9 Å². The zero-order valence-electron chi connectivity index (χ0n) is 13.0. The van der Waals surface area contributed by atoms with Crippen molar-refractivity contribution in [3.63, 3.8) is 0 Å². The first-order chi connectivity index (χ1) is 10.1. The Hall–Kier alpha value is -1.36. The van der Waals surface area contributed by atoms with Gasteiger partial charge in [-0.1, -0.05) is 38.3 Å². The summed E-state index contributed by atoms with van der Waals surface area (Å²) in [6.07, 6.45) is 4.64. The quantitative estimate of drug-likeness (QED) is 0.652. The number of para-hydroxylation sites is 1. The van der Waals surface area contributed by atoms with E-state index >= 15 is 0 Å². The third-order valence-electron chi connectivity index (χ3n) is 3.37. The van der Waals surface area contributed by atoms with Crippen LogP contribution in [0.2, 0.25) is 0 Å². The van der Waals surface area contributed by atoms with E-state index in [1.54, 1.807) is 18.2 Å². The summed E-state index contributed by atoms with van der Waals surface area (Å²) < 4.78 is 34.7. The third kappa shape index (κ3) is 6.29. The van der Waals surface area contributed by atoms with E-state index in [2.05, 4.69) is 23.9 Å². The molecule has 0 heterocycles. The van der Waals surface area contributed by atoms with Crippen LogP contribution in [0.4, 0.5) is 8.78 Å². The van der Waals surface area contributed by atoms with Crippen molar-refractivity contribution in [2.75, 3.05) is 7.11 Å². The maximum absolute atomic E-state index is 12.5. The topological polar surface area (TPSA) is 30.5 Å². The summed E-state index contributed by atoms with van der Waals surface area (Å²) in [4.78, 5) is 0. The second-order valence-electron chi connectivity index (χ2n) is 5.10. The molecule has 5 heteroatoms. The molecule has 0 aliphatic carbocycles. The molecule has 0 fully saturated rings. The Morgan fingerprint density at radius 1 is 1.24 bits per heavy atom. The summed E-state index contributed by atoms with van der Waals surface area (Å²) in [5, 5.41) is 3.34. The molecule has 21 heavy (non-hydrogen) atoms. The van der Waals surface area contributed by atoms with Crippen LogP contribution in [0.5, 0.6) is 11.5 Å². The SMILES string of the molecule is CCCCCC(C)NCc1cccc(OC)c1OC(F)F. The van der Waals surface area contributed by atoms with Crippen molar-refractivity contribution in [1.82, 2.24) is 5.32 Å². The van der Waals surface area contributed by atoms with Gasteiger partial charge in [0.1, 0.15) is 0 Å². The predicted octanol–water partition coefficient (Wildman–Crippen LogP) is 4.36. The molecular weight excluding hydrogens is 276 g/mol. The first-order valence-corrected chi connectivity index (χ1v) is 7.42. The lowest BCUT2D eigenvalue weighted by atomic mass is 10.1. The Morgan fingerprint density at radius 3 is 2.62 bits per heavy atom. The van der Waals surface area contributed by atoms with Gasteiger partial charge in [0.15, 0.2) is 11.5 Å². The molecule has 0 saturated carbocycles. The van der Waals surface area contributed by atoms with Gasteiger partial charge in [0.05, 0.1) is 7.11 Å². The molecule has 3 nitrogen and oxygen atoms in total. The zero-order chi connectivity index (χ0) is 15.7. The monoisotopic (exact) mass is 301 g/mol. The van der Waals surface area contributed by atoms with Crippen LogP contribution in [0.15, 0.2) is 18.2 Å². The average Bonchev–Trinajstić information content (AvgIpc) is 2.45. The number of unbranched alkanes of at least 4 members (excludes halogenated alkanes) is 2. The molecule has 0 aliphatic rings. The van der Waals surface area contributed by atoms with Gasteiger partial charge >= 0.3 is 6.61 Å². The number of alkyl halides is 2. The maximum Gasteiger partial charge on any atom is 0.387 e. The number of hydrogen-bond acceptors (Lipinski definition) is 3. The average molecular weight is 301 g/mol. The highest BCUT2D eigenvalue weighted by molar-refractivity contribution is 5.46. The van der Waals surface area contributed by atoms with Gasteiger partial charge in [0.2, 0.25) is 0 Å². The van der Waals surface area contributed by atoms with Crippen molar-refractivity contribution in [1.29, 1.82) is 0 Å². The Bertz CT molecular complexity index is 413. The fourth-order valence-corrected chi connectivity index (χ4v) is 2.17. The molecule has 0 radical (unpaired) electrons. The zero-order valence-corrected chi connectivity index (χ0v) is 13.0. The van der Waals surface area contributed by atoms with Gasteiger partial charge in [0.25, 0.3) is 0 Å². The smallest absolute Gasteiger partial charge is 0.387 e. The molecule has 0 bridgehead atoms. The largest absolute Gasteiger partial charge is 0.493 e. The normalized spacial score (nSPS) is 12.5. The van der Waals surface area contributed by atoms with Crippen LogP contribution in [0, 0.1) is 0 Å². The number of rotatable bonds is 10. The van der Waals surface area contributed by atoms with Crippen LogP contribution < -0.4 is 14.8 Å². The molecule has 0 aliphatic heterocycles. The van der Waals surface area contributed by atoms with Gasteiger partial charge in [-0.3, -0.25) is 0 Å². The molecular formula is C16H25F2NO2. The summed E-state index contributed by atoms with van der Waals surface area (Å²) in [6, 6.07) is 5.50. The number of hydrogen-bond donors (Lipinski definition) is 1. The van der Waals surface area contributed by atoms with Crippen molar-refractivity contribution in [3.05, 3.63) is 23.8 Å². The molecule has 120 valence electrons. The molecule has 0 amide bonds. The van der Waals surface area contributed by atoms with Crippen molar-refractivity contribution >= 4 is 0 Å². The molecule has 0 spiro atoms. The van der Waals surface area contributed by atoms with Gasteiger partial charge in [-0.25, -0.2) is 0 Å². The van der Waals surface area contributed by atoms with Gasteiger partial charge < -0.3 is 14.8 Å². The molecule has 0 saturated heterocycles. The second kappa shape index (κ2) is 9.55. The minimum Gasteiger partial charge on any atom is -0.493 e. The lowest BCUT2D eigenvalue weighted by Gasteiger charge is -2.17. The standard InChI is InChI=1S/C16H25F2NO2/c1-4-5-6-8-12(2)19-11-13-9-7-10-14(20-3)15(13)21-16(17)18/h7,9-10,12,16,19H,4-6,8,11H2,1-3H3. The number of halogens is 2.